The van der Waals surface area contributed by atoms with Gasteiger partial charge in [0.25, 0.3) is 11.8 Å². The Bertz CT molecular complexity index is 698. The first kappa shape index (κ1) is 14.5. The topological polar surface area (TPSA) is 82.0 Å². The number of nitrogens with zero attached hydrogens (tertiary/aromatic N) is 1. The maximum absolute atomic E-state index is 11.6. The van der Waals surface area contributed by atoms with Gasteiger partial charge in [-0.2, -0.15) is 5.26 Å². The minimum Gasteiger partial charge on any atom is -0.268 e. The summed E-state index contributed by atoms with van der Waals surface area (Å²) in [6.45, 7) is 0. The fourth-order valence-electron chi connectivity index (χ4n) is 1.47. The van der Waals surface area contributed by atoms with Crippen molar-refractivity contribution in [1.29, 1.82) is 5.26 Å². The van der Waals surface area contributed by atoms with E-state index in [4.69, 9.17) is 5.26 Å². The van der Waals surface area contributed by atoms with Crippen molar-refractivity contribution in [3.63, 3.8) is 0 Å². The first-order valence-electron chi connectivity index (χ1n) is 6.01. The third kappa shape index (κ3) is 4.30. The molecule has 0 fully saturated rings. The van der Waals surface area contributed by atoms with Gasteiger partial charge in [-0.3, -0.25) is 20.4 Å². The monoisotopic (exact) mass is 297 g/mol. The van der Waals surface area contributed by atoms with Crippen LogP contribution >= 0.6 is 11.3 Å². The Labute approximate surface area is 125 Å². The van der Waals surface area contributed by atoms with Crippen LogP contribution in [0.1, 0.15) is 20.8 Å². The molecule has 6 heteroatoms. The van der Waals surface area contributed by atoms with Crippen molar-refractivity contribution in [1.82, 2.24) is 10.9 Å². The summed E-state index contributed by atoms with van der Waals surface area (Å²) in [7, 11) is 0. The van der Waals surface area contributed by atoms with Crippen LogP contribution in [0.15, 0.2) is 47.9 Å². The molecule has 2 amide bonds. The number of hydrogen-bond acceptors (Lipinski definition) is 4. The maximum atomic E-state index is 11.6. The molecular formula is C15H11N3O2S. The normalized spacial score (nSPS) is 10.0. The Hall–Kier alpha value is -2.91. The maximum Gasteiger partial charge on any atom is 0.279 e. The molecule has 0 unspecified atom stereocenters. The molecule has 0 saturated carbocycles. The Kier molecular flexibility index (Phi) is 4.85. The largest absolute Gasteiger partial charge is 0.279 e. The number of hydrogen-bond donors (Lipinski definition) is 2. The quantitative estimate of drug-likeness (QED) is 0.672. The Morgan fingerprint density at radius 3 is 2.52 bits per heavy atom. The number of hydrazine groups is 1. The number of carbonyl (C=O) groups is 2. The molecule has 2 rings (SSSR count). The fraction of sp³-hybridized carbons (Fsp3) is 0. The summed E-state index contributed by atoms with van der Waals surface area (Å²) in [6, 6.07) is 12.2. The van der Waals surface area contributed by atoms with Crippen LogP contribution in [-0.2, 0) is 4.79 Å². The van der Waals surface area contributed by atoms with Gasteiger partial charge in [0.1, 0.15) is 0 Å². The summed E-state index contributed by atoms with van der Waals surface area (Å²) >= 11 is 1.29. The second-order valence-electron chi connectivity index (χ2n) is 3.99. The van der Waals surface area contributed by atoms with Crippen molar-refractivity contribution in [3.8, 4) is 6.07 Å². The third-order valence-electron chi connectivity index (χ3n) is 2.51. The van der Waals surface area contributed by atoms with Gasteiger partial charge < -0.3 is 0 Å². The molecule has 1 aromatic heterocycles. The van der Waals surface area contributed by atoms with E-state index < -0.39 is 5.91 Å². The van der Waals surface area contributed by atoms with Crippen LogP contribution in [0.25, 0.3) is 6.08 Å². The summed E-state index contributed by atoms with van der Waals surface area (Å²) in [5.41, 5.74) is 5.95. The highest BCUT2D eigenvalue weighted by atomic mass is 32.1. The summed E-state index contributed by atoms with van der Waals surface area (Å²) in [4.78, 5) is 23.7. The van der Waals surface area contributed by atoms with Crippen molar-refractivity contribution < 1.29 is 9.59 Å². The molecule has 2 aromatic rings. The van der Waals surface area contributed by atoms with Crippen molar-refractivity contribution in [3.05, 3.63) is 63.9 Å². The van der Waals surface area contributed by atoms with E-state index in [0.29, 0.717) is 10.4 Å². The van der Waals surface area contributed by atoms with E-state index in [9.17, 15) is 9.59 Å². The Morgan fingerprint density at radius 2 is 1.90 bits per heavy atom. The highest BCUT2D eigenvalue weighted by molar-refractivity contribution is 7.12. The average molecular weight is 297 g/mol. The van der Waals surface area contributed by atoms with E-state index >= 15 is 0 Å². The highest BCUT2D eigenvalue weighted by Gasteiger charge is 2.06. The molecule has 0 aliphatic carbocycles. The average Bonchev–Trinajstić information content (AvgIpc) is 3.05. The zero-order chi connectivity index (χ0) is 15.1. The molecule has 0 aliphatic heterocycles. The number of rotatable bonds is 3. The van der Waals surface area contributed by atoms with Crippen LogP contribution < -0.4 is 10.9 Å². The van der Waals surface area contributed by atoms with Crippen LogP contribution in [0.5, 0.6) is 0 Å². The number of nitrogens with one attached hydrogen (secondary N) is 2. The van der Waals surface area contributed by atoms with Crippen LogP contribution in [0.2, 0.25) is 0 Å². The fourth-order valence-corrected chi connectivity index (χ4v) is 2.09. The predicted molar refractivity (Wildman–Crippen MR) is 80.1 cm³/mol. The number of carbonyl (C=O) groups excluding carboxylic acids is 2. The predicted octanol–water partition coefficient (Wildman–Crippen LogP) is 2.09. The molecule has 5 nitrogen and oxygen atoms in total. The minimum atomic E-state index is -0.440. The van der Waals surface area contributed by atoms with Gasteiger partial charge in [-0.25, -0.2) is 0 Å². The molecule has 0 saturated heterocycles. The molecule has 1 aromatic carbocycles. The number of thiophene rings is 1. The van der Waals surface area contributed by atoms with Gasteiger partial charge in [0.05, 0.1) is 16.5 Å². The standard InChI is InChI=1S/C15H11N3O2S/c16-10-12-5-3-11(4-6-12)7-8-14(19)17-18-15(20)13-2-1-9-21-13/h1-9H,(H,17,19)(H,18,20)/b8-7+. The molecule has 104 valence electrons. The second kappa shape index (κ2) is 7.03. The molecular weight excluding hydrogens is 286 g/mol. The smallest absolute Gasteiger partial charge is 0.268 e. The zero-order valence-electron chi connectivity index (χ0n) is 10.9. The van der Waals surface area contributed by atoms with E-state index in [0.717, 1.165) is 5.56 Å². The summed E-state index contributed by atoms with van der Waals surface area (Å²) in [5.74, 6) is -0.797. The number of benzene rings is 1. The molecule has 0 aliphatic rings. The van der Waals surface area contributed by atoms with Gasteiger partial charge in [0, 0.05) is 6.08 Å². The second-order valence-corrected chi connectivity index (χ2v) is 4.94. The van der Waals surface area contributed by atoms with Crippen LogP contribution in [-0.4, -0.2) is 11.8 Å². The van der Waals surface area contributed by atoms with Gasteiger partial charge >= 0.3 is 0 Å². The molecule has 0 bridgehead atoms. The molecule has 21 heavy (non-hydrogen) atoms. The molecule has 0 spiro atoms. The SMILES string of the molecule is N#Cc1ccc(/C=C/C(=O)NNC(=O)c2cccs2)cc1. The van der Waals surface area contributed by atoms with E-state index in [1.165, 1.54) is 17.4 Å². The van der Waals surface area contributed by atoms with Gasteiger partial charge in [-0.1, -0.05) is 18.2 Å². The van der Waals surface area contributed by atoms with Gasteiger partial charge in [0.15, 0.2) is 0 Å². The zero-order valence-corrected chi connectivity index (χ0v) is 11.7. The summed E-state index contributed by atoms with van der Waals surface area (Å²) in [6.07, 6.45) is 2.89. The van der Waals surface area contributed by atoms with Gasteiger partial charge in [0.2, 0.25) is 0 Å². The molecule has 0 atom stereocenters. The van der Waals surface area contributed by atoms with Crippen molar-refractivity contribution in [2.24, 2.45) is 0 Å². The lowest BCUT2D eigenvalue weighted by Crippen LogP contribution is -2.40. The Morgan fingerprint density at radius 1 is 1.14 bits per heavy atom. The molecule has 0 radical (unpaired) electrons. The molecule has 2 N–H and O–H groups in total. The first-order valence-corrected chi connectivity index (χ1v) is 6.89. The van der Waals surface area contributed by atoms with Crippen LogP contribution in [0, 0.1) is 11.3 Å². The summed E-state index contributed by atoms with van der Waals surface area (Å²) < 4.78 is 0. The number of amides is 2. The number of nitriles is 1. The lowest BCUT2D eigenvalue weighted by atomic mass is 10.1. The van der Waals surface area contributed by atoms with Crippen LogP contribution in [0.3, 0.4) is 0 Å². The van der Waals surface area contributed by atoms with Crippen molar-refractivity contribution in [2.75, 3.05) is 0 Å². The van der Waals surface area contributed by atoms with Gasteiger partial charge in [-0.05, 0) is 35.2 Å². The Balaban J connectivity index is 1.85. The lowest BCUT2D eigenvalue weighted by molar-refractivity contribution is -0.117. The van der Waals surface area contributed by atoms with Crippen molar-refractivity contribution >= 4 is 29.2 Å². The van der Waals surface area contributed by atoms with E-state index in [-0.39, 0.29) is 5.91 Å². The van der Waals surface area contributed by atoms with E-state index in [1.54, 1.807) is 47.9 Å². The van der Waals surface area contributed by atoms with Crippen LogP contribution in [0.4, 0.5) is 0 Å². The van der Waals surface area contributed by atoms with Crippen molar-refractivity contribution in [2.45, 2.75) is 0 Å². The molecule has 1 heterocycles. The van der Waals surface area contributed by atoms with E-state index in [2.05, 4.69) is 10.9 Å². The third-order valence-corrected chi connectivity index (χ3v) is 3.38. The van der Waals surface area contributed by atoms with Gasteiger partial charge in [-0.15, -0.1) is 11.3 Å². The minimum absolute atomic E-state index is 0.356. The van der Waals surface area contributed by atoms with E-state index in [1.807, 2.05) is 6.07 Å². The summed E-state index contributed by atoms with van der Waals surface area (Å²) in [5, 5.41) is 10.5. The first-order chi connectivity index (χ1) is 10.2. The highest BCUT2D eigenvalue weighted by Crippen LogP contribution is 2.07. The lowest BCUT2D eigenvalue weighted by Gasteiger charge is -2.02.